The number of piperidine rings is 1. The van der Waals surface area contributed by atoms with Crippen LogP contribution in [0.1, 0.15) is 56.5 Å². The number of alkyl halides is 1. The smallest absolute Gasteiger partial charge is 0.410 e. The number of nitrogen functional groups attached to an aromatic ring is 2. The number of aromatic amines is 2. The summed E-state index contributed by atoms with van der Waals surface area (Å²) in [6.45, 7) is 27.9. The Morgan fingerprint density at radius 1 is 0.667 bits per heavy atom. The Hall–Kier alpha value is -14.1. The fourth-order valence-corrected chi connectivity index (χ4v) is 10.8. The van der Waals surface area contributed by atoms with E-state index in [9.17, 15) is 18.0 Å². The monoisotopic (exact) mass is 1580 g/mol. The van der Waals surface area contributed by atoms with Gasteiger partial charge < -0.3 is 72.5 Å². The third kappa shape index (κ3) is 31.5. The van der Waals surface area contributed by atoms with Crippen molar-refractivity contribution in [1.29, 1.82) is 15.9 Å². The van der Waals surface area contributed by atoms with Gasteiger partial charge in [0.25, 0.3) is 22.4 Å². The summed E-state index contributed by atoms with van der Waals surface area (Å²) in [6.07, 6.45) is 7.55. The fraction of sp³-hybridized carbons (Fsp3) is 0.159. The lowest BCUT2D eigenvalue weighted by Gasteiger charge is -2.33. The molecule has 2 amide bonds. The lowest BCUT2D eigenvalue weighted by molar-refractivity contribution is -0.106. The SMILES string of the molecule is CC(=O)c1ccc(Oc2ccccc2)cc1.CC(C)(C)OC(=O)N1CCCC(OS(C)(=O)=O)C1.N.N=CN.NC=O.Nc1ncnc2[nH]cc(-c3ccc(Oc4ccccc4)cc3)c12.[C-]#[N+]/C(C#N)=C(/CBr)c1ccc(Oc2ccccc2)cc1.[C-]#[N+]CC#N.[C-]#[N+]c1c(-c2ccc(Oc3ccccc3)cc2)c[nH]c1N. The molecule has 570 valence electrons. The van der Waals surface area contributed by atoms with Crippen LogP contribution in [0, 0.1) is 47.8 Å². The van der Waals surface area contributed by atoms with E-state index in [-0.39, 0.29) is 37.1 Å². The number of carbonyl (C=O) groups is 3. The number of Topliss-reactive ketones (excluding diaryl/α,β-unsaturated/α-hetero) is 1. The second-order valence-electron chi connectivity index (χ2n) is 23.5. The Morgan fingerprint density at radius 2 is 1.07 bits per heavy atom. The molecule has 12 rings (SSSR count). The Bertz CT molecular complexity index is 5050. The molecule has 0 saturated carbocycles. The number of ether oxygens (including phenoxy) is 5. The second-order valence-corrected chi connectivity index (χ2v) is 25.7. The molecule has 1 aliphatic rings. The number of fused-ring (bicyclic) bond motifs is 1. The van der Waals surface area contributed by atoms with Gasteiger partial charge in [0.1, 0.15) is 81.3 Å². The number of nitrogens with two attached hydrogens (primary N) is 4. The molecule has 14 N–H and O–H groups in total. The van der Waals surface area contributed by atoms with Gasteiger partial charge in [0.2, 0.25) is 12.1 Å². The molecule has 111 heavy (non-hydrogen) atoms. The molecule has 8 aromatic carbocycles. The standard InChI is InChI=1S/C18H14N4O.C17H11BrN2O.C17H13N3O.C14H12O2.C11H21NO5S.C3H2N2.CH4N2.CH3NO.H3N/c19-17-16-15(10-20-18(16)22-11-21-17)12-6-8-14(9-7-12)23-13-4-2-1-3-5-13;1-20-17(12-19)16(11-18)13-7-9-15(10-8-13)21-14-5-3-2-4-6-14;1-19-16-15(11-20-17(16)18)12-7-9-14(10-8-12)21-13-5-3-2-4-6-13;1-11(15)12-7-9-14(10-8-12)16-13-5-3-2-4-6-13;1-11(2,3)16-10(13)12-7-5-6-9(8-12)17-18(4,14)15;1-5-3-2-4;2*2-1-3;/h1-11H,(H3,19,20,21,22);2-10H,11H2;2-11,20H,18H2;2-10H,1H3;9H,5-8H2,1-4H3;3H2;1H,(H3,2,3);1H,(H2,2,3);1H3/b;17-16-;;;;;;;. The number of carbonyl (C=O) groups excluding carboxylic acids is 3. The first-order valence-electron chi connectivity index (χ1n) is 33.2. The first-order chi connectivity index (χ1) is 52.9. The summed E-state index contributed by atoms with van der Waals surface area (Å²) in [4.78, 5) is 56.7. The molecule has 1 fully saturated rings. The number of nitrogens with zero attached hydrogens (tertiary/aromatic N) is 8. The van der Waals surface area contributed by atoms with Crippen molar-refractivity contribution in [2.24, 2.45) is 11.5 Å². The second kappa shape index (κ2) is 47.4. The number of benzene rings is 8. The minimum Gasteiger partial charge on any atom is -0.457 e. The summed E-state index contributed by atoms with van der Waals surface area (Å²) >= 11 is 3.32. The van der Waals surface area contributed by atoms with Crippen LogP contribution >= 0.6 is 15.9 Å². The quantitative estimate of drug-likeness (QED) is 0.00544. The molecular weight excluding hydrogens is 1500 g/mol. The first-order valence-corrected chi connectivity index (χ1v) is 36.1. The van der Waals surface area contributed by atoms with Gasteiger partial charge in [-0.2, -0.15) is 13.7 Å². The highest BCUT2D eigenvalue weighted by molar-refractivity contribution is 9.09. The highest BCUT2D eigenvalue weighted by atomic mass is 79.9. The van der Waals surface area contributed by atoms with Crippen molar-refractivity contribution in [2.75, 3.05) is 42.7 Å². The summed E-state index contributed by atoms with van der Waals surface area (Å²) in [5, 5.41) is 23.7. The Balaban J connectivity index is 0.000000283. The molecule has 29 heteroatoms. The zero-order chi connectivity index (χ0) is 80.3. The van der Waals surface area contributed by atoms with Crippen LogP contribution in [0.5, 0.6) is 46.0 Å². The number of hydrogen-bond donors (Lipinski definition) is 8. The molecule has 1 aliphatic heterocycles. The highest BCUT2D eigenvalue weighted by Gasteiger charge is 2.30. The Labute approximate surface area is 653 Å². The molecule has 1 unspecified atom stereocenters. The van der Waals surface area contributed by atoms with Crippen LogP contribution in [-0.2, 0) is 23.8 Å². The van der Waals surface area contributed by atoms with E-state index in [1.165, 1.54) is 11.2 Å². The normalized spacial score (nSPS) is 11.6. The number of nitriles is 2. The number of aromatic nitrogens is 4. The van der Waals surface area contributed by atoms with Crippen LogP contribution in [0.4, 0.5) is 22.1 Å². The number of allylic oxidation sites excluding steroid dienone is 2. The van der Waals surface area contributed by atoms with E-state index in [0.717, 1.165) is 91.7 Å². The average Bonchev–Trinajstić information content (AvgIpc) is 1.66. The van der Waals surface area contributed by atoms with Gasteiger partial charge in [-0.25, -0.2) is 36.3 Å². The number of primary amides is 1. The van der Waals surface area contributed by atoms with E-state index in [4.69, 9.17) is 79.8 Å². The molecule has 0 spiro atoms. The van der Waals surface area contributed by atoms with Crippen LogP contribution < -0.4 is 48.0 Å². The van der Waals surface area contributed by atoms with E-state index in [0.29, 0.717) is 58.9 Å². The molecule has 11 aromatic rings. The molecule has 4 heterocycles. The summed E-state index contributed by atoms with van der Waals surface area (Å²) in [7, 11) is -3.49. The van der Waals surface area contributed by atoms with Crippen molar-refractivity contribution >= 4 is 84.6 Å². The maximum atomic E-state index is 11.8. The third-order valence-corrected chi connectivity index (χ3v) is 15.5. The first kappa shape index (κ1) is 89.3. The third-order valence-electron chi connectivity index (χ3n) is 14.3. The number of amides is 2. The number of para-hydroxylation sites is 4. The average molecular weight is 1580 g/mol. The predicted octanol–water partition coefficient (Wildman–Crippen LogP) is 17.9. The van der Waals surface area contributed by atoms with Gasteiger partial charge in [-0.15, -0.1) is 0 Å². The molecule has 0 radical (unpaired) electrons. The predicted molar refractivity (Wildman–Crippen MR) is 435 cm³/mol. The van der Waals surface area contributed by atoms with E-state index < -0.39 is 27.9 Å². The maximum Gasteiger partial charge on any atom is 0.410 e. The highest BCUT2D eigenvalue weighted by Crippen LogP contribution is 2.37. The number of rotatable bonds is 15. The van der Waals surface area contributed by atoms with Crippen molar-refractivity contribution < 1.29 is 50.7 Å². The Kier molecular flexibility index (Phi) is 38.2. The zero-order valence-electron chi connectivity index (χ0n) is 61.4. The van der Waals surface area contributed by atoms with E-state index >= 15 is 0 Å². The van der Waals surface area contributed by atoms with E-state index in [2.05, 4.69) is 61.9 Å². The van der Waals surface area contributed by atoms with Gasteiger partial charge in [-0.1, -0.05) is 125 Å². The minimum absolute atomic E-state index is 0. The van der Waals surface area contributed by atoms with E-state index in [1.54, 1.807) is 64.2 Å². The van der Waals surface area contributed by atoms with Gasteiger partial charge in [0.15, 0.2) is 5.78 Å². The Morgan fingerprint density at radius 3 is 1.43 bits per heavy atom. The largest absolute Gasteiger partial charge is 0.457 e. The van der Waals surface area contributed by atoms with Crippen molar-refractivity contribution in [3.63, 3.8) is 0 Å². The summed E-state index contributed by atoms with van der Waals surface area (Å²) in [6, 6.07) is 71.8. The topological polar surface area (TPSA) is 425 Å². The molecule has 27 nitrogen and oxygen atoms in total. The van der Waals surface area contributed by atoms with Gasteiger partial charge in [0, 0.05) is 34.8 Å². The van der Waals surface area contributed by atoms with Crippen molar-refractivity contribution in [2.45, 2.75) is 52.2 Å². The zero-order valence-corrected chi connectivity index (χ0v) is 63.8. The van der Waals surface area contributed by atoms with Crippen LogP contribution in [0.15, 0.2) is 243 Å². The van der Waals surface area contributed by atoms with Gasteiger partial charge in [-0.05, 0) is 178 Å². The minimum atomic E-state index is -3.49. The molecule has 3 aromatic heterocycles. The molecule has 0 aliphatic carbocycles. The number of halogens is 1. The van der Waals surface area contributed by atoms with Crippen LogP contribution in [0.2, 0.25) is 0 Å². The number of H-pyrrole nitrogens is 2. The van der Waals surface area contributed by atoms with Crippen molar-refractivity contribution in [3.8, 4) is 80.4 Å². The number of anilines is 2. The van der Waals surface area contributed by atoms with E-state index in [1.807, 2.05) is 206 Å². The molecule has 0 bridgehead atoms. The summed E-state index contributed by atoms with van der Waals surface area (Å²) < 4.78 is 55.1. The fourth-order valence-electron chi connectivity index (χ4n) is 9.60. The number of ketones is 1. The summed E-state index contributed by atoms with van der Waals surface area (Å²) in [5.41, 5.74) is 26.9. The van der Waals surface area contributed by atoms with Crippen LogP contribution in [-0.4, -0.2) is 101 Å². The lowest BCUT2D eigenvalue weighted by atomic mass is 10.1. The maximum absolute atomic E-state index is 11.8. The molecule has 1 atom stereocenters. The number of nitrogens with one attached hydrogen (secondary N) is 3. The van der Waals surface area contributed by atoms with Gasteiger partial charge in [-0.3, -0.25) is 19.2 Å². The summed E-state index contributed by atoms with van der Waals surface area (Å²) in [5.74, 6) is 7.05. The van der Waals surface area contributed by atoms with Gasteiger partial charge in [0.05, 0.1) is 49.8 Å². The van der Waals surface area contributed by atoms with Crippen molar-refractivity contribution in [1.82, 2.24) is 31.0 Å². The van der Waals surface area contributed by atoms with Crippen LogP contribution in [0.25, 0.3) is 53.4 Å². The molecule has 1 saturated heterocycles. The lowest BCUT2D eigenvalue weighted by Crippen LogP contribution is -2.45. The van der Waals surface area contributed by atoms with Gasteiger partial charge >= 0.3 is 6.09 Å². The molecular formula is C82H83BrN16O11S. The number of likely N-dealkylation sites (tertiary alicyclic amines) is 1. The van der Waals surface area contributed by atoms with Crippen LogP contribution in [0.3, 0.4) is 0 Å². The number of hydrogen-bond acceptors (Lipinski definition) is 19. The van der Waals surface area contributed by atoms with Crippen molar-refractivity contribution in [3.05, 3.63) is 288 Å².